The average Bonchev–Trinajstić information content (AvgIpc) is 3.43. The van der Waals surface area contributed by atoms with Gasteiger partial charge in [-0.15, -0.1) is 11.3 Å². The molecule has 1 unspecified atom stereocenters. The SMILES string of the molecule is O=C(NC(c1ccccc1)c1cn[nH]c1-c1cccs1)c1ccc(C(F)(F)F)cc1. The molecule has 2 aromatic heterocycles. The second-order valence-corrected chi connectivity index (χ2v) is 7.52. The summed E-state index contributed by atoms with van der Waals surface area (Å²) in [6.07, 6.45) is -2.80. The molecule has 0 aliphatic heterocycles. The lowest BCUT2D eigenvalue weighted by Crippen LogP contribution is -2.29. The number of H-pyrrole nitrogens is 1. The Morgan fingerprint density at radius 3 is 2.37 bits per heavy atom. The fourth-order valence-electron chi connectivity index (χ4n) is 3.14. The molecule has 4 aromatic rings. The molecule has 0 bridgehead atoms. The van der Waals surface area contributed by atoms with E-state index in [4.69, 9.17) is 0 Å². The largest absolute Gasteiger partial charge is 0.416 e. The van der Waals surface area contributed by atoms with Crippen molar-refractivity contribution in [2.45, 2.75) is 12.2 Å². The number of hydrogen-bond acceptors (Lipinski definition) is 3. The molecule has 2 heterocycles. The molecule has 0 fully saturated rings. The van der Waals surface area contributed by atoms with Gasteiger partial charge in [0.1, 0.15) is 0 Å². The third-order valence-corrected chi connectivity index (χ3v) is 5.52. The van der Waals surface area contributed by atoms with Crippen LogP contribution in [0.2, 0.25) is 0 Å². The minimum Gasteiger partial charge on any atom is -0.341 e. The quantitative estimate of drug-likeness (QED) is 0.431. The second kappa shape index (κ2) is 8.16. The summed E-state index contributed by atoms with van der Waals surface area (Å²) >= 11 is 1.54. The molecule has 0 aliphatic carbocycles. The normalized spacial score (nSPS) is 12.5. The molecule has 4 rings (SSSR count). The van der Waals surface area contributed by atoms with Gasteiger partial charge in [-0.2, -0.15) is 18.3 Å². The second-order valence-electron chi connectivity index (χ2n) is 6.57. The fourth-order valence-corrected chi connectivity index (χ4v) is 3.89. The summed E-state index contributed by atoms with van der Waals surface area (Å²) in [7, 11) is 0. The Morgan fingerprint density at radius 2 is 1.73 bits per heavy atom. The molecule has 2 N–H and O–H groups in total. The number of hydrogen-bond donors (Lipinski definition) is 2. The Balaban J connectivity index is 1.67. The number of carbonyl (C=O) groups is 1. The molecular formula is C22H16F3N3OS. The highest BCUT2D eigenvalue weighted by molar-refractivity contribution is 7.13. The van der Waals surface area contributed by atoms with E-state index in [1.54, 1.807) is 6.20 Å². The molecule has 0 saturated heterocycles. The summed E-state index contributed by atoms with van der Waals surface area (Å²) in [6.45, 7) is 0. The lowest BCUT2D eigenvalue weighted by atomic mass is 9.98. The van der Waals surface area contributed by atoms with Gasteiger partial charge in [-0.05, 0) is 41.3 Å². The van der Waals surface area contributed by atoms with Crippen molar-refractivity contribution >= 4 is 17.2 Å². The standard InChI is InChI=1S/C22H16F3N3OS/c23-22(24,25)16-10-8-15(9-11-16)21(29)27-19(14-5-2-1-3-6-14)17-13-26-28-20(17)18-7-4-12-30-18/h1-13,19H,(H,26,28)(H,27,29). The first-order chi connectivity index (χ1) is 14.4. The van der Waals surface area contributed by atoms with Gasteiger partial charge in [0.05, 0.1) is 28.4 Å². The van der Waals surface area contributed by atoms with E-state index in [2.05, 4.69) is 15.5 Å². The molecule has 1 amide bonds. The molecule has 30 heavy (non-hydrogen) atoms. The number of thiophene rings is 1. The topological polar surface area (TPSA) is 57.8 Å². The predicted molar refractivity (Wildman–Crippen MR) is 109 cm³/mol. The maximum absolute atomic E-state index is 12.9. The van der Waals surface area contributed by atoms with Gasteiger partial charge < -0.3 is 5.32 Å². The fraction of sp³-hybridized carbons (Fsp3) is 0.0909. The van der Waals surface area contributed by atoms with Crippen molar-refractivity contribution in [2.24, 2.45) is 0 Å². The van der Waals surface area contributed by atoms with Crippen molar-refractivity contribution in [3.8, 4) is 10.6 Å². The first-order valence-corrected chi connectivity index (χ1v) is 9.91. The number of halogens is 3. The van der Waals surface area contributed by atoms with Crippen molar-refractivity contribution in [2.75, 3.05) is 0 Å². The number of nitrogens with zero attached hydrogens (tertiary/aromatic N) is 1. The van der Waals surface area contributed by atoms with Gasteiger partial charge in [-0.3, -0.25) is 9.89 Å². The first-order valence-electron chi connectivity index (χ1n) is 9.03. The minimum absolute atomic E-state index is 0.144. The van der Waals surface area contributed by atoms with Crippen molar-refractivity contribution in [1.29, 1.82) is 0 Å². The Hall–Kier alpha value is -3.39. The zero-order valence-electron chi connectivity index (χ0n) is 15.5. The molecule has 8 heteroatoms. The Kier molecular flexibility index (Phi) is 5.41. The van der Waals surface area contributed by atoms with Crippen LogP contribution < -0.4 is 5.32 Å². The van der Waals surface area contributed by atoms with Crippen LogP contribution >= 0.6 is 11.3 Å². The van der Waals surface area contributed by atoms with E-state index in [0.717, 1.165) is 33.8 Å². The predicted octanol–water partition coefficient (Wildman–Crippen LogP) is 5.68. The molecule has 1 atom stereocenters. The van der Waals surface area contributed by atoms with Crippen LogP contribution in [0.1, 0.15) is 33.1 Å². The van der Waals surface area contributed by atoms with E-state index < -0.39 is 23.7 Å². The van der Waals surface area contributed by atoms with Crippen LogP contribution in [0.5, 0.6) is 0 Å². The summed E-state index contributed by atoms with van der Waals surface area (Å²) < 4.78 is 38.4. The van der Waals surface area contributed by atoms with Gasteiger partial charge in [0.2, 0.25) is 0 Å². The summed E-state index contributed by atoms with van der Waals surface area (Å²) in [5.74, 6) is -0.476. The lowest BCUT2D eigenvalue weighted by molar-refractivity contribution is -0.137. The van der Waals surface area contributed by atoms with Gasteiger partial charge in [0, 0.05) is 11.1 Å². The number of carbonyl (C=O) groups excluding carboxylic acids is 1. The highest BCUT2D eigenvalue weighted by Crippen LogP contribution is 2.33. The maximum Gasteiger partial charge on any atom is 0.416 e. The van der Waals surface area contributed by atoms with E-state index in [1.807, 2.05) is 47.8 Å². The summed E-state index contributed by atoms with van der Waals surface area (Å²) in [5.41, 5.74) is 1.73. The van der Waals surface area contributed by atoms with Crippen LogP contribution in [-0.4, -0.2) is 16.1 Å². The number of alkyl halides is 3. The zero-order valence-corrected chi connectivity index (χ0v) is 16.3. The zero-order chi connectivity index (χ0) is 21.1. The molecule has 152 valence electrons. The van der Waals surface area contributed by atoms with Crippen LogP contribution in [0.3, 0.4) is 0 Å². The molecular weight excluding hydrogens is 411 g/mol. The van der Waals surface area contributed by atoms with Crippen molar-refractivity contribution in [3.05, 3.63) is 101 Å². The minimum atomic E-state index is -4.45. The Bertz CT molecular complexity index is 1120. The number of amides is 1. The monoisotopic (exact) mass is 427 g/mol. The molecule has 0 aliphatic rings. The van der Waals surface area contributed by atoms with Gasteiger partial charge in [-0.1, -0.05) is 36.4 Å². The summed E-state index contributed by atoms with van der Waals surface area (Å²) in [6, 6.07) is 16.8. The van der Waals surface area contributed by atoms with Crippen LogP contribution in [0.15, 0.2) is 78.3 Å². The van der Waals surface area contributed by atoms with E-state index in [0.29, 0.717) is 0 Å². The first kappa shape index (κ1) is 19.9. The summed E-state index contributed by atoms with van der Waals surface area (Å²) in [4.78, 5) is 13.8. The number of aromatic nitrogens is 2. The van der Waals surface area contributed by atoms with E-state index in [1.165, 1.54) is 23.5 Å². The highest BCUT2D eigenvalue weighted by Gasteiger charge is 2.30. The summed E-state index contributed by atoms with van der Waals surface area (Å²) in [5, 5.41) is 12.0. The number of aromatic amines is 1. The third-order valence-electron chi connectivity index (χ3n) is 4.63. The molecule has 0 radical (unpaired) electrons. The maximum atomic E-state index is 12.9. The molecule has 2 aromatic carbocycles. The van der Waals surface area contributed by atoms with Gasteiger partial charge in [0.15, 0.2) is 0 Å². The Labute approximate surface area is 174 Å². The number of nitrogens with one attached hydrogen (secondary N) is 2. The van der Waals surface area contributed by atoms with Gasteiger partial charge in [-0.25, -0.2) is 0 Å². The molecule has 0 saturated carbocycles. The van der Waals surface area contributed by atoms with Crippen molar-refractivity contribution in [1.82, 2.24) is 15.5 Å². The van der Waals surface area contributed by atoms with Crippen LogP contribution in [0, 0.1) is 0 Å². The van der Waals surface area contributed by atoms with Crippen molar-refractivity contribution < 1.29 is 18.0 Å². The van der Waals surface area contributed by atoms with Gasteiger partial charge in [0.25, 0.3) is 5.91 Å². The van der Waals surface area contributed by atoms with Crippen LogP contribution in [0.25, 0.3) is 10.6 Å². The average molecular weight is 427 g/mol. The number of benzene rings is 2. The third kappa shape index (κ3) is 4.13. The molecule has 4 nitrogen and oxygen atoms in total. The Morgan fingerprint density at radius 1 is 1.00 bits per heavy atom. The van der Waals surface area contributed by atoms with Crippen LogP contribution in [0.4, 0.5) is 13.2 Å². The lowest BCUT2D eigenvalue weighted by Gasteiger charge is -2.20. The van der Waals surface area contributed by atoms with Crippen molar-refractivity contribution in [3.63, 3.8) is 0 Å². The van der Waals surface area contributed by atoms with Gasteiger partial charge >= 0.3 is 6.18 Å². The van der Waals surface area contributed by atoms with E-state index in [9.17, 15) is 18.0 Å². The smallest absolute Gasteiger partial charge is 0.341 e. The molecule has 0 spiro atoms. The van der Waals surface area contributed by atoms with Crippen LogP contribution in [-0.2, 0) is 6.18 Å². The van der Waals surface area contributed by atoms with E-state index in [-0.39, 0.29) is 5.56 Å². The number of rotatable bonds is 5. The van der Waals surface area contributed by atoms with E-state index >= 15 is 0 Å². The highest BCUT2D eigenvalue weighted by atomic mass is 32.1.